The Labute approximate surface area is 101 Å². The van der Waals surface area contributed by atoms with Crippen molar-refractivity contribution < 1.29 is 9.53 Å². The number of rotatable bonds is 4. The molecule has 0 bridgehead atoms. The molecule has 92 valence electrons. The Balaban J connectivity index is 2.12. The van der Waals surface area contributed by atoms with Gasteiger partial charge >= 0.3 is 0 Å². The minimum Gasteiger partial charge on any atom is -0.494 e. The normalized spacial score (nSPS) is 14.8. The van der Waals surface area contributed by atoms with Gasteiger partial charge in [0.25, 0.3) is 5.91 Å². The smallest absolute Gasteiger partial charge is 0.251 e. The van der Waals surface area contributed by atoms with Gasteiger partial charge in [-0.05, 0) is 49.6 Å². The van der Waals surface area contributed by atoms with Crippen molar-refractivity contribution in [2.75, 3.05) is 19.7 Å². The third kappa shape index (κ3) is 2.97. The van der Waals surface area contributed by atoms with Crippen LogP contribution < -0.4 is 15.8 Å². The summed E-state index contributed by atoms with van der Waals surface area (Å²) < 4.78 is 5.58. The third-order valence-electron chi connectivity index (χ3n) is 2.85. The highest BCUT2D eigenvalue weighted by atomic mass is 16.5. The summed E-state index contributed by atoms with van der Waals surface area (Å²) >= 11 is 0. The molecule has 0 aliphatic carbocycles. The number of ether oxygens (including phenoxy) is 1. The minimum absolute atomic E-state index is 0.0195. The van der Waals surface area contributed by atoms with Gasteiger partial charge < -0.3 is 15.8 Å². The molecule has 4 heteroatoms. The van der Waals surface area contributed by atoms with Crippen LogP contribution in [0.2, 0.25) is 0 Å². The Morgan fingerprint density at radius 3 is 3.12 bits per heavy atom. The number of amides is 1. The van der Waals surface area contributed by atoms with Crippen LogP contribution in [0, 0.1) is 0 Å². The first kappa shape index (κ1) is 11.9. The molecule has 1 aliphatic rings. The predicted molar refractivity (Wildman–Crippen MR) is 66.3 cm³/mol. The molecule has 0 saturated carbocycles. The maximum Gasteiger partial charge on any atom is 0.251 e. The van der Waals surface area contributed by atoms with Crippen LogP contribution in [0.5, 0.6) is 5.75 Å². The Morgan fingerprint density at radius 2 is 2.29 bits per heavy atom. The molecular weight excluding hydrogens is 216 g/mol. The molecule has 1 aliphatic heterocycles. The zero-order chi connectivity index (χ0) is 12.1. The van der Waals surface area contributed by atoms with Crippen LogP contribution in [-0.4, -0.2) is 25.6 Å². The number of carbonyl (C=O) groups is 1. The second-order valence-electron chi connectivity index (χ2n) is 4.17. The lowest BCUT2D eigenvalue weighted by Gasteiger charge is -2.09. The van der Waals surface area contributed by atoms with Gasteiger partial charge in [0.2, 0.25) is 0 Å². The zero-order valence-corrected chi connectivity index (χ0v) is 9.87. The molecule has 3 N–H and O–H groups in total. The molecule has 1 heterocycles. The molecule has 0 saturated heterocycles. The molecule has 0 radical (unpaired) electrons. The summed E-state index contributed by atoms with van der Waals surface area (Å²) in [6.45, 7) is 2.01. The van der Waals surface area contributed by atoms with E-state index in [0.29, 0.717) is 13.2 Å². The molecule has 0 spiro atoms. The van der Waals surface area contributed by atoms with Crippen LogP contribution >= 0.6 is 0 Å². The van der Waals surface area contributed by atoms with Gasteiger partial charge in [-0.25, -0.2) is 0 Å². The van der Waals surface area contributed by atoms with E-state index in [-0.39, 0.29) is 5.91 Å². The number of benzene rings is 1. The molecule has 1 aromatic carbocycles. The lowest BCUT2D eigenvalue weighted by molar-refractivity contribution is 0.0956. The minimum atomic E-state index is 0.0195. The van der Waals surface area contributed by atoms with Crippen molar-refractivity contribution in [3.05, 3.63) is 29.3 Å². The molecule has 2 rings (SSSR count). The number of hydrogen-bond donors (Lipinski definition) is 2. The number of nitrogens with one attached hydrogen (secondary N) is 1. The van der Waals surface area contributed by atoms with Crippen LogP contribution in [0.3, 0.4) is 0 Å². The summed E-state index contributed by atoms with van der Waals surface area (Å²) in [5.41, 5.74) is 7.26. The van der Waals surface area contributed by atoms with Crippen LogP contribution in [0.1, 0.15) is 28.8 Å². The average Bonchev–Trinajstić information content (AvgIpc) is 2.52. The summed E-state index contributed by atoms with van der Waals surface area (Å²) in [7, 11) is 0. The summed E-state index contributed by atoms with van der Waals surface area (Å²) in [4.78, 5) is 11.7. The van der Waals surface area contributed by atoms with E-state index >= 15 is 0 Å². The molecule has 1 amide bonds. The van der Waals surface area contributed by atoms with Crippen molar-refractivity contribution in [3.8, 4) is 5.75 Å². The Hall–Kier alpha value is -1.55. The summed E-state index contributed by atoms with van der Waals surface area (Å²) in [5, 5.41) is 2.88. The number of nitrogens with two attached hydrogens (primary N) is 1. The number of carbonyl (C=O) groups excluding carboxylic acids is 1. The largest absolute Gasteiger partial charge is 0.494 e. The van der Waals surface area contributed by atoms with E-state index in [1.54, 1.807) is 0 Å². The number of aryl methyl sites for hydroxylation is 1. The van der Waals surface area contributed by atoms with Gasteiger partial charge in [0.1, 0.15) is 5.75 Å². The summed E-state index contributed by atoms with van der Waals surface area (Å²) in [6, 6.07) is 5.66. The van der Waals surface area contributed by atoms with Gasteiger partial charge in [0.05, 0.1) is 6.61 Å². The van der Waals surface area contributed by atoms with Crippen molar-refractivity contribution in [1.82, 2.24) is 5.32 Å². The quantitative estimate of drug-likeness (QED) is 0.766. The van der Waals surface area contributed by atoms with Gasteiger partial charge in [-0.3, -0.25) is 4.79 Å². The predicted octanol–water partition coefficient (Wildman–Crippen LogP) is 1.09. The van der Waals surface area contributed by atoms with Crippen molar-refractivity contribution in [3.63, 3.8) is 0 Å². The molecule has 0 atom stereocenters. The monoisotopic (exact) mass is 234 g/mol. The maximum absolute atomic E-state index is 11.7. The first-order valence-electron chi connectivity index (χ1n) is 6.05. The Kier molecular flexibility index (Phi) is 3.98. The van der Waals surface area contributed by atoms with E-state index in [0.717, 1.165) is 42.7 Å². The molecule has 0 fully saturated rings. The standard InChI is InChI=1S/C13H18N2O2/c14-6-2-8-17-11-4-5-12-10(9-11)3-1-7-15-13(12)16/h4-5,9H,1-3,6-8,14H2,(H,15,16). The van der Waals surface area contributed by atoms with Gasteiger partial charge in [0.15, 0.2) is 0 Å². The molecule has 17 heavy (non-hydrogen) atoms. The SMILES string of the molecule is NCCCOc1ccc2c(c1)CCCNC2=O. The average molecular weight is 234 g/mol. The first-order valence-corrected chi connectivity index (χ1v) is 6.05. The fourth-order valence-electron chi connectivity index (χ4n) is 1.94. The van der Waals surface area contributed by atoms with Crippen LogP contribution in [0.15, 0.2) is 18.2 Å². The van der Waals surface area contributed by atoms with Crippen molar-refractivity contribution in [2.24, 2.45) is 5.73 Å². The van der Waals surface area contributed by atoms with E-state index in [1.807, 2.05) is 18.2 Å². The maximum atomic E-state index is 11.7. The van der Waals surface area contributed by atoms with E-state index in [4.69, 9.17) is 10.5 Å². The van der Waals surface area contributed by atoms with E-state index in [9.17, 15) is 4.79 Å². The molecule has 4 nitrogen and oxygen atoms in total. The number of fused-ring (bicyclic) bond motifs is 1. The topological polar surface area (TPSA) is 64.3 Å². The molecule has 0 unspecified atom stereocenters. The van der Waals surface area contributed by atoms with Crippen LogP contribution in [0.4, 0.5) is 0 Å². The Bertz CT molecular complexity index is 404. The highest BCUT2D eigenvalue weighted by Gasteiger charge is 2.15. The van der Waals surface area contributed by atoms with E-state index in [1.165, 1.54) is 0 Å². The van der Waals surface area contributed by atoms with Gasteiger partial charge in [0, 0.05) is 12.1 Å². The zero-order valence-electron chi connectivity index (χ0n) is 9.87. The van der Waals surface area contributed by atoms with Crippen LogP contribution in [-0.2, 0) is 6.42 Å². The second kappa shape index (κ2) is 5.68. The first-order chi connectivity index (χ1) is 8.31. The fraction of sp³-hybridized carbons (Fsp3) is 0.462. The van der Waals surface area contributed by atoms with Crippen molar-refractivity contribution in [2.45, 2.75) is 19.3 Å². The van der Waals surface area contributed by atoms with E-state index < -0.39 is 0 Å². The van der Waals surface area contributed by atoms with Gasteiger partial charge in [-0.15, -0.1) is 0 Å². The Morgan fingerprint density at radius 1 is 1.41 bits per heavy atom. The summed E-state index contributed by atoms with van der Waals surface area (Å²) in [6.07, 6.45) is 2.74. The van der Waals surface area contributed by atoms with Crippen molar-refractivity contribution >= 4 is 5.91 Å². The van der Waals surface area contributed by atoms with Crippen molar-refractivity contribution in [1.29, 1.82) is 0 Å². The second-order valence-corrected chi connectivity index (χ2v) is 4.17. The molecule has 0 aromatic heterocycles. The molecular formula is C13H18N2O2. The fourth-order valence-corrected chi connectivity index (χ4v) is 1.94. The summed E-state index contributed by atoms with van der Waals surface area (Å²) in [5.74, 6) is 0.845. The highest BCUT2D eigenvalue weighted by molar-refractivity contribution is 5.96. The van der Waals surface area contributed by atoms with Gasteiger partial charge in [-0.2, -0.15) is 0 Å². The molecule has 1 aromatic rings. The van der Waals surface area contributed by atoms with Crippen LogP contribution in [0.25, 0.3) is 0 Å². The number of hydrogen-bond acceptors (Lipinski definition) is 3. The highest BCUT2D eigenvalue weighted by Crippen LogP contribution is 2.21. The lowest BCUT2D eigenvalue weighted by Crippen LogP contribution is -2.22. The third-order valence-corrected chi connectivity index (χ3v) is 2.85. The van der Waals surface area contributed by atoms with Gasteiger partial charge in [-0.1, -0.05) is 0 Å². The lowest BCUT2D eigenvalue weighted by atomic mass is 10.0. The van der Waals surface area contributed by atoms with E-state index in [2.05, 4.69) is 5.32 Å².